The Balaban J connectivity index is 1.64. The fourth-order valence-corrected chi connectivity index (χ4v) is 3.80. The first-order valence-electron chi connectivity index (χ1n) is 9.75. The van der Waals surface area contributed by atoms with Crippen molar-refractivity contribution in [3.05, 3.63) is 71.3 Å². The normalized spacial score (nSPS) is 17.6. The van der Waals surface area contributed by atoms with Crippen LogP contribution in [0.2, 0.25) is 0 Å². The smallest absolute Gasteiger partial charge is 0.238 e. The van der Waals surface area contributed by atoms with Crippen LogP contribution >= 0.6 is 0 Å². The standard InChI is InChI=1S/C22H27F2N3O/c1-25-22(28)21-15-27(14-12-26-21)13-2-3-20(16-4-8-18(23)9-5-16)17-6-10-19(24)11-7-17/h4-11,20-21,26H,2-3,12-15H2,1H3,(H,25,28). The van der Waals surface area contributed by atoms with Crippen LogP contribution in [0.15, 0.2) is 48.5 Å². The minimum atomic E-state index is -0.261. The summed E-state index contributed by atoms with van der Waals surface area (Å²) < 4.78 is 26.7. The summed E-state index contributed by atoms with van der Waals surface area (Å²) in [6, 6.07) is 12.9. The lowest BCUT2D eigenvalue weighted by Crippen LogP contribution is -2.56. The predicted molar refractivity (Wildman–Crippen MR) is 106 cm³/mol. The molecule has 1 aliphatic heterocycles. The highest BCUT2D eigenvalue weighted by molar-refractivity contribution is 5.81. The summed E-state index contributed by atoms with van der Waals surface area (Å²) in [4.78, 5) is 14.2. The third-order valence-electron chi connectivity index (χ3n) is 5.33. The van der Waals surface area contributed by atoms with Crippen molar-refractivity contribution in [2.45, 2.75) is 24.8 Å². The number of benzene rings is 2. The van der Waals surface area contributed by atoms with Crippen LogP contribution in [-0.4, -0.2) is 50.1 Å². The van der Waals surface area contributed by atoms with Crippen molar-refractivity contribution in [3.63, 3.8) is 0 Å². The Morgan fingerprint density at radius 1 is 1.11 bits per heavy atom. The average molecular weight is 387 g/mol. The second kappa shape index (κ2) is 9.75. The number of nitrogens with zero attached hydrogens (tertiary/aromatic N) is 1. The molecule has 0 aliphatic carbocycles. The van der Waals surface area contributed by atoms with E-state index in [1.807, 2.05) is 0 Å². The van der Waals surface area contributed by atoms with Crippen molar-refractivity contribution >= 4 is 5.91 Å². The van der Waals surface area contributed by atoms with Gasteiger partial charge >= 0.3 is 0 Å². The van der Waals surface area contributed by atoms with Gasteiger partial charge in [-0.2, -0.15) is 0 Å². The number of amides is 1. The number of rotatable bonds is 7. The Morgan fingerprint density at radius 2 is 1.68 bits per heavy atom. The molecule has 2 N–H and O–H groups in total. The zero-order valence-electron chi connectivity index (χ0n) is 16.1. The van der Waals surface area contributed by atoms with Gasteiger partial charge in [0, 0.05) is 32.6 Å². The van der Waals surface area contributed by atoms with Crippen LogP contribution in [0.4, 0.5) is 8.78 Å². The highest BCUT2D eigenvalue weighted by atomic mass is 19.1. The molecule has 2 aromatic carbocycles. The zero-order chi connectivity index (χ0) is 19.9. The summed E-state index contributed by atoms with van der Waals surface area (Å²) in [5.74, 6) is -0.426. The minimum absolute atomic E-state index is 0.0141. The van der Waals surface area contributed by atoms with Gasteiger partial charge < -0.3 is 10.6 Å². The van der Waals surface area contributed by atoms with Crippen molar-refractivity contribution in [1.29, 1.82) is 0 Å². The maximum atomic E-state index is 13.3. The maximum Gasteiger partial charge on any atom is 0.238 e. The molecule has 0 spiro atoms. The topological polar surface area (TPSA) is 44.4 Å². The van der Waals surface area contributed by atoms with Gasteiger partial charge in [-0.3, -0.25) is 9.69 Å². The van der Waals surface area contributed by atoms with Crippen molar-refractivity contribution in [3.8, 4) is 0 Å². The van der Waals surface area contributed by atoms with Crippen LogP contribution in [0.25, 0.3) is 0 Å². The first-order chi connectivity index (χ1) is 13.6. The molecule has 1 aliphatic rings. The molecule has 28 heavy (non-hydrogen) atoms. The number of halogens is 2. The van der Waals surface area contributed by atoms with Crippen LogP contribution in [0, 0.1) is 11.6 Å². The van der Waals surface area contributed by atoms with Gasteiger partial charge in [0.05, 0.1) is 6.04 Å². The van der Waals surface area contributed by atoms with E-state index in [4.69, 9.17) is 0 Å². The summed E-state index contributed by atoms with van der Waals surface area (Å²) in [5, 5.41) is 5.93. The van der Waals surface area contributed by atoms with E-state index in [9.17, 15) is 13.6 Å². The molecule has 1 heterocycles. The zero-order valence-corrected chi connectivity index (χ0v) is 16.1. The number of nitrogens with one attached hydrogen (secondary N) is 2. The third-order valence-corrected chi connectivity index (χ3v) is 5.33. The van der Waals surface area contributed by atoms with Crippen LogP contribution in [0.3, 0.4) is 0 Å². The van der Waals surface area contributed by atoms with E-state index >= 15 is 0 Å². The second-order valence-corrected chi connectivity index (χ2v) is 7.22. The Labute approximate surface area is 164 Å². The number of hydrogen-bond acceptors (Lipinski definition) is 3. The third kappa shape index (κ3) is 5.36. The number of hydrogen-bond donors (Lipinski definition) is 2. The molecule has 6 heteroatoms. The van der Waals surface area contributed by atoms with Crippen molar-refractivity contribution < 1.29 is 13.6 Å². The molecule has 0 aromatic heterocycles. The lowest BCUT2D eigenvalue weighted by molar-refractivity contribution is -0.123. The summed E-state index contributed by atoms with van der Waals surface area (Å²) in [5.41, 5.74) is 2.05. The lowest BCUT2D eigenvalue weighted by Gasteiger charge is -2.33. The molecule has 1 unspecified atom stereocenters. The van der Waals surface area contributed by atoms with Gasteiger partial charge in [0.1, 0.15) is 11.6 Å². The van der Waals surface area contributed by atoms with E-state index in [1.165, 1.54) is 24.3 Å². The molecule has 1 saturated heterocycles. The van der Waals surface area contributed by atoms with Crippen molar-refractivity contribution in [2.24, 2.45) is 0 Å². The van der Waals surface area contributed by atoms with Gasteiger partial charge in [0.15, 0.2) is 0 Å². The van der Waals surface area contributed by atoms with Crippen LogP contribution in [0.1, 0.15) is 29.9 Å². The van der Waals surface area contributed by atoms with Gasteiger partial charge in [0.25, 0.3) is 0 Å². The van der Waals surface area contributed by atoms with E-state index in [-0.39, 0.29) is 29.5 Å². The SMILES string of the molecule is CNC(=O)C1CN(CCCC(c2ccc(F)cc2)c2ccc(F)cc2)CCN1. The molecule has 3 rings (SSSR count). The average Bonchev–Trinajstić information content (AvgIpc) is 2.72. The molecule has 1 fully saturated rings. The fourth-order valence-electron chi connectivity index (χ4n) is 3.80. The summed E-state index contributed by atoms with van der Waals surface area (Å²) in [7, 11) is 1.65. The number of piperazine rings is 1. The van der Waals surface area contributed by atoms with Crippen molar-refractivity contribution in [2.75, 3.05) is 33.2 Å². The highest BCUT2D eigenvalue weighted by Gasteiger charge is 2.24. The fraction of sp³-hybridized carbons (Fsp3) is 0.409. The molecule has 2 aromatic rings. The lowest BCUT2D eigenvalue weighted by atomic mass is 9.87. The van der Waals surface area contributed by atoms with Crippen LogP contribution in [0.5, 0.6) is 0 Å². The molecule has 0 saturated carbocycles. The first-order valence-corrected chi connectivity index (χ1v) is 9.75. The van der Waals surface area contributed by atoms with Crippen molar-refractivity contribution in [1.82, 2.24) is 15.5 Å². The summed E-state index contributed by atoms with van der Waals surface area (Å²) in [6.07, 6.45) is 1.80. The number of likely N-dealkylation sites (N-methyl/N-ethyl adjacent to an activating group) is 1. The van der Waals surface area contributed by atoms with E-state index in [1.54, 1.807) is 31.3 Å². The van der Waals surface area contributed by atoms with Gasteiger partial charge in [-0.05, 0) is 54.8 Å². The summed E-state index contributed by atoms with van der Waals surface area (Å²) >= 11 is 0. The molecule has 1 amide bonds. The molecular formula is C22H27F2N3O. The predicted octanol–water partition coefficient (Wildman–Crippen LogP) is 2.90. The number of carbonyl (C=O) groups excluding carboxylic acids is 1. The molecule has 4 nitrogen and oxygen atoms in total. The molecule has 0 radical (unpaired) electrons. The van der Waals surface area contributed by atoms with Crippen LogP contribution < -0.4 is 10.6 Å². The van der Waals surface area contributed by atoms with E-state index in [2.05, 4.69) is 15.5 Å². The molecular weight excluding hydrogens is 360 g/mol. The van der Waals surface area contributed by atoms with Gasteiger partial charge in [-0.25, -0.2) is 8.78 Å². The first kappa shape index (κ1) is 20.4. The van der Waals surface area contributed by atoms with Gasteiger partial charge in [0.2, 0.25) is 5.91 Å². The van der Waals surface area contributed by atoms with Crippen LogP contribution in [-0.2, 0) is 4.79 Å². The van der Waals surface area contributed by atoms with E-state index in [0.717, 1.165) is 43.6 Å². The number of carbonyl (C=O) groups is 1. The molecule has 0 bridgehead atoms. The Hall–Kier alpha value is -2.31. The van der Waals surface area contributed by atoms with Gasteiger partial charge in [-0.1, -0.05) is 24.3 Å². The maximum absolute atomic E-state index is 13.3. The Morgan fingerprint density at radius 3 is 2.21 bits per heavy atom. The highest BCUT2D eigenvalue weighted by Crippen LogP contribution is 2.29. The summed E-state index contributed by atoms with van der Waals surface area (Å²) in [6.45, 7) is 3.27. The van der Waals surface area contributed by atoms with Gasteiger partial charge in [-0.15, -0.1) is 0 Å². The second-order valence-electron chi connectivity index (χ2n) is 7.22. The Bertz CT molecular complexity index is 719. The molecule has 150 valence electrons. The minimum Gasteiger partial charge on any atom is -0.358 e. The quantitative estimate of drug-likeness (QED) is 0.768. The monoisotopic (exact) mass is 387 g/mol. The molecule has 1 atom stereocenters. The van der Waals surface area contributed by atoms with E-state index < -0.39 is 0 Å². The van der Waals surface area contributed by atoms with E-state index in [0.29, 0.717) is 6.54 Å². The Kier molecular flexibility index (Phi) is 7.12. The largest absolute Gasteiger partial charge is 0.358 e.